The van der Waals surface area contributed by atoms with Crippen LogP contribution < -0.4 is 15.8 Å². The predicted molar refractivity (Wildman–Crippen MR) is 75.4 cm³/mol. The smallest absolute Gasteiger partial charge is 0.416 e. The minimum absolute atomic E-state index is 0. The van der Waals surface area contributed by atoms with Crippen molar-refractivity contribution in [2.45, 2.75) is 25.6 Å². The number of alkyl halides is 3. The Morgan fingerprint density at radius 2 is 2.05 bits per heavy atom. The fraction of sp³-hybridized carbons (Fsp3) is 0.462. The maximum Gasteiger partial charge on any atom is 0.416 e. The van der Waals surface area contributed by atoms with Gasteiger partial charge in [0.05, 0.1) is 12.7 Å². The number of hydrogen-bond acceptors (Lipinski definition) is 3. The summed E-state index contributed by atoms with van der Waals surface area (Å²) in [6.07, 6.45) is -3.79. The first-order valence-corrected chi connectivity index (χ1v) is 6.09. The van der Waals surface area contributed by atoms with Gasteiger partial charge in [-0.15, -0.1) is 12.4 Å². The first kappa shape index (κ1) is 19.5. The lowest BCUT2D eigenvalue weighted by molar-refractivity contribution is -0.138. The van der Waals surface area contributed by atoms with Gasteiger partial charge in [-0.1, -0.05) is 6.07 Å². The zero-order valence-corrected chi connectivity index (χ0v) is 12.3. The van der Waals surface area contributed by atoms with Crippen molar-refractivity contribution in [3.8, 4) is 5.75 Å². The van der Waals surface area contributed by atoms with E-state index in [-0.39, 0.29) is 42.6 Å². The molecule has 0 saturated heterocycles. The Labute approximate surface area is 127 Å². The number of rotatable bonds is 6. The summed E-state index contributed by atoms with van der Waals surface area (Å²) in [6.45, 7) is 0.187. The van der Waals surface area contributed by atoms with Gasteiger partial charge in [0.1, 0.15) is 5.75 Å². The molecule has 0 aliphatic rings. The lowest BCUT2D eigenvalue weighted by Gasteiger charge is -2.14. The van der Waals surface area contributed by atoms with E-state index in [1.807, 2.05) is 0 Å². The Morgan fingerprint density at radius 3 is 2.57 bits per heavy atom. The quantitative estimate of drug-likeness (QED) is 0.844. The molecule has 0 spiro atoms. The second kappa shape index (κ2) is 8.74. The number of ether oxygens (including phenoxy) is 1. The van der Waals surface area contributed by atoms with Crippen LogP contribution in [0.3, 0.4) is 0 Å². The van der Waals surface area contributed by atoms with Crippen molar-refractivity contribution in [1.82, 2.24) is 5.32 Å². The van der Waals surface area contributed by atoms with Crippen LogP contribution >= 0.6 is 12.4 Å². The molecule has 120 valence electrons. The number of carbonyl (C=O) groups is 1. The number of benzene rings is 1. The fourth-order valence-electron chi connectivity index (χ4n) is 1.65. The molecule has 1 aromatic rings. The molecule has 3 N–H and O–H groups in total. The summed E-state index contributed by atoms with van der Waals surface area (Å²) >= 11 is 0. The Kier molecular flexibility index (Phi) is 8.12. The number of methoxy groups -OCH3 is 1. The van der Waals surface area contributed by atoms with Crippen LogP contribution in [0.25, 0.3) is 0 Å². The average Bonchev–Trinajstić information content (AvgIpc) is 2.41. The predicted octanol–water partition coefficient (Wildman–Crippen LogP) is 2.49. The van der Waals surface area contributed by atoms with Crippen molar-refractivity contribution in [2.75, 3.05) is 13.7 Å². The summed E-state index contributed by atoms with van der Waals surface area (Å²) in [6, 6.07) is 3.64. The molecule has 0 radical (unpaired) electrons. The topological polar surface area (TPSA) is 64.3 Å². The SMILES string of the molecule is COc1ccc(CNC(=O)CCCN)c(C(F)(F)F)c1.Cl. The Morgan fingerprint density at radius 1 is 1.38 bits per heavy atom. The van der Waals surface area contributed by atoms with Crippen LogP contribution in [-0.2, 0) is 17.5 Å². The summed E-state index contributed by atoms with van der Waals surface area (Å²) in [5.74, 6) is -0.199. The summed E-state index contributed by atoms with van der Waals surface area (Å²) in [5, 5.41) is 2.45. The summed E-state index contributed by atoms with van der Waals surface area (Å²) in [7, 11) is 1.30. The third kappa shape index (κ3) is 6.22. The zero-order valence-electron chi connectivity index (χ0n) is 11.5. The molecule has 0 atom stereocenters. The highest BCUT2D eigenvalue weighted by atomic mass is 35.5. The Hall–Kier alpha value is -1.47. The van der Waals surface area contributed by atoms with E-state index in [2.05, 4.69) is 5.32 Å². The fourth-order valence-corrected chi connectivity index (χ4v) is 1.65. The van der Waals surface area contributed by atoms with Gasteiger partial charge in [-0.05, 0) is 30.7 Å². The van der Waals surface area contributed by atoms with Crippen molar-refractivity contribution in [3.63, 3.8) is 0 Å². The molecule has 1 rings (SSSR count). The van der Waals surface area contributed by atoms with E-state index in [1.54, 1.807) is 0 Å². The van der Waals surface area contributed by atoms with Crippen LogP contribution in [0.1, 0.15) is 24.0 Å². The monoisotopic (exact) mass is 326 g/mol. The van der Waals surface area contributed by atoms with Gasteiger partial charge in [0, 0.05) is 13.0 Å². The van der Waals surface area contributed by atoms with E-state index in [9.17, 15) is 18.0 Å². The van der Waals surface area contributed by atoms with Crippen LogP contribution in [0.5, 0.6) is 5.75 Å². The highest BCUT2D eigenvalue weighted by Crippen LogP contribution is 2.34. The summed E-state index contributed by atoms with van der Waals surface area (Å²) < 4.78 is 43.5. The minimum atomic E-state index is -4.49. The van der Waals surface area contributed by atoms with Crippen LogP contribution in [0, 0.1) is 0 Å². The number of hydrogen-bond donors (Lipinski definition) is 2. The number of nitrogens with one attached hydrogen (secondary N) is 1. The molecule has 0 aromatic heterocycles. The van der Waals surface area contributed by atoms with E-state index < -0.39 is 11.7 Å². The molecule has 21 heavy (non-hydrogen) atoms. The third-order valence-corrected chi connectivity index (χ3v) is 2.71. The molecule has 0 aliphatic heterocycles. The normalized spacial score (nSPS) is 10.7. The maximum absolute atomic E-state index is 12.9. The van der Waals surface area contributed by atoms with Gasteiger partial charge in [-0.3, -0.25) is 4.79 Å². The lowest BCUT2D eigenvalue weighted by Crippen LogP contribution is -2.24. The lowest BCUT2D eigenvalue weighted by atomic mass is 10.1. The molecule has 0 aliphatic carbocycles. The van der Waals surface area contributed by atoms with Gasteiger partial charge in [-0.2, -0.15) is 13.2 Å². The van der Waals surface area contributed by atoms with E-state index in [0.717, 1.165) is 6.07 Å². The Balaban J connectivity index is 0.00000400. The largest absolute Gasteiger partial charge is 0.497 e. The highest BCUT2D eigenvalue weighted by Gasteiger charge is 2.33. The van der Waals surface area contributed by atoms with E-state index in [1.165, 1.54) is 19.2 Å². The molecule has 0 bridgehead atoms. The van der Waals surface area contributed by atoms with E-state index in [0.29, 0.717) is 13.0 Å². The van der Waals surface area contributed by atoms with Crippen LogP contribution in [0.4, 0.5) is 13.2 Å². The van der Waals surface area contributed by atoms with Crippen molar-refractivity contribution < 1.29 is 22.7 Å². The number of amides is 1. The van der Waals surface area contributed by atoms with Crippen LogP contribution in [0.2, 0.25) is 0 Å². The van der Waals surface area contributed by atoms with Crippen molar-refractivity contribution in [3.05, 3.63) is 29.3 Å². The van der Waals surface area contributed by atoms with Crippen LogP contribution in [-0.4, -0.2) is 19.6 Å². The van der Waals surface area contributed by atoms with Gasteiger partial charge in [0.15, 0.2) is 0 Å². The maximum atomic E-state index is 12.9. The molecule has 0 unspecified atom stereocenters. The molecule has 0 fully saturated rings. The molecular formula is C13H18ClF3N2O2. The standard InChI is InChI=1S/C13H17F3N2O2.ClH/c1-20-10-5-4-9(11(7-10)13(14,15)16)8-18-12(19)3-2-6-17;/h4-5,7H,2-3,6,8,17H2,1H3,(H,18,19);1H. The van der Waals surface area contributed by atoms with Crippen molar-refractivity contribution in [2.24, 2.45) is 5.73 Å². The van der Waals surface area contributed by atoms with Crippen LogP contribution in [0.15, 0.2) is 18.2 Å². The second-order valence-electron chi connectivity index (χ2n) is 4.19. The molecule has 0 saturated carbocycles. The first-order chi connectivity index (χ1) is 9.38. The second-order valence-corrected chi connectivity index (χ2v) is 4.19. The van der Waals surface area contributed by atoms with Crippen molar-refractivity contribution in [1.29, 1.82) is 0 Å². The van der Waals surface area contributed by atoms with E-state index >= 15 is 0 Å². The molecule has 4 nitrogen and oxygen atoms in total. The first-order valence-electron chi connectivity index (χ1n) is 6.09. The summed E-state index contributed by atoms with van der Waals surface area (Å²) in [4.78, 5) is 11.4. The minimum Gasteiger partial charge on any atom is -0.497 e. The van der Waals surface area contributed by atoms with Gasteiger partial charge in [-0.25, -0.2) is 0 Å². The van der Waals surface area contributed by atoms with Gasteiger partial charge < -0.3 is 15.8 Å². The molecule has 0 heterocycles. The van der Waals surface area contributed by atoms with E-state index in [4.69, 9.17) is 10.5 Å². The number of carbonyl (C=O) groups excluding carboxylic acids is 1. The third-order valence-electron chi connectivity index (χ3n) is 2.71. The molecule has 8 heteroatoms. The van der Waals surface area contributed by atoms with Crippen molar-refractivity contribution >= 4 is 18.3 Å². The number of nitrogens with two attached hydrogens (primary N) is 1. The number of halogens is 4. The van der Waals surface area contributed by atoms with Gasteiger partial charge in [0.25, 0.3) is 0 Å². The molecular weight excluding hydrogens is 309 g/mol. The molecule has 1 amide bonds. The Bertz CT molecular complexity index is 467. The highest BCUT2D eigenvalue weighted by molar-refractivity contribution is 5.85. The molecule has 1 aromatic carbocycles. The average molecular weight is 327 g/mol. The van der Waals surface area contributed by atoms with Gasteiger partial charge >= 0.3 is 6.18 Å². The van der Waals surface area contributed by atoms with Gasteiger partial charge in [0.2, 0.25) is 5.91 Å². The zero-order chi connectivity index (χ0) is 15.2. The summed E-state index contributed by atoms with van der Waals surface area (Å²) in [5.41, 5.74) is 4.44.